The number of aryl methyl sites for hydroxylation is 1. The zero-order chi connectivity index (χ0) is 18.5. The Morgan fingerprint density at radius 3 is 3.04 bits per heavy atom. The molecule has 0 saturated heterocycles. The fourth-order valence-electron chi connectivity index (χ4n) is 3.00. The van der Waals surface area contributed by atoms with Gasteiger partial charge in [-0.1, -0.05) is 30.6 Å². The first kappa shape index (κ1) is 17.9. The molecule has 3 rings (SSSR count). The van der Waals surface area contributed by atoms with E-state index in [-0.39, 0.29) is 5.56 Å². The minimum absolute atomic E-state index is 0.0286. The first-order valence-corrected chi connectivity index (χ1v) is 8.97. The van der Waals surface area contributed by atoms with Gasteiger partial charge in [-0.3, -0.25) is 14.4 Å². The Kier molecular flexibility index (Phi) is 5.48. The molecule has 0 fully saturated rings. The molecule has 4 heteroatoms. The molecule has 0 bridgehead atoms. The van der Waals surface area contributed by atoms with E-state index in [1.54, 1.807) is 11.6 Å². The van der Waals surface area contributed by atoms with Gasteiger partial charge in [0.2, 0.25) is 0 Å². The SMILES string of the molecule is CC/C=C\C(C#Cc1ccc2c(=O)n3c(nc2c1)CCC=C(C)C3)=NC. The predicted molar refractivity (Wildman–Crippen MR) is 108 cm³/mol. The third kappa shape index (κ3) is 3.83. The highest BCUT2D eigenvalue weighted by Gasteiger charge is 2.13. The van der Waals surface area contributed by atoms with Crippen molar-refractivity contribution >= 4 is 16.6 Å². The van der Waals surface area contributed by atoms with Crippen LogP contribution in [0.3, 0.4) is 0 Å². The van der Waals surface area contributed by atoms with Gasteiger partial charge in [-0.2, -0.15) is 0 Å². The normalized spacial score (nSPS) is 14.6. The van der Waals surface area contributed by atoms with Crippen LogP contribution in [0.25, 0.3) is 10.9 Å². The van der Waals surface area contributed by atoms with E-state index < -0.39 is 0 Å². The molecule has 0 unspecified atom stereocenters. The average molecular weight is 345 g/mol. The highest BCUT2D eigenvalue weighted by Crippen LogP contribution is 2.16. The van der Waals surface area contributed by atoms with Crippen molar-refractivity contribution in [2.24, 2.45) is 4.99 Å². The highest BCUT2D eigenvalue weighted by molar-refractivity contribution is 6.09. The Hall–Kier alpha value is -2.93. The van der Waals surface area contributed by atoms with Crippen LogP contribution in [0.4, 0.5) is 0 Å². The zero-order valence-corrected chi connectivity index (χ0v) is 15.5. The molecule has 2 aromatic rings. The lowest BCUT2D eigenvalue weighted by atomic mass is 10.1. The van der Waals surface area contributed by atoms with Gasteiger partial charge in [0.25, 0.3) is 5.56 Å². The van der Waals surface area contributed by atoms with Crippen LogP contribution in [0, 0.1) is 11.8 Å². The fraction of sp³-hybridized carbons (Fsp3) is 0.318. The van der Waals surface area contributed by atoms with E-state index in [1.165, 1.54) is 5.57 Å². The predicted octanol–water partition coefficient (Wildman–Crippen LogP) is 3.68. The maximum atomic E-state index is 12.8. The molecular formula is C22H23N3O. The minimum Gasteiger partial charge on any atom is -0.292 e. The van der Waals surface area contributed by atoms with Crippen LogP contribution in [0.15, 0.2) is 51.8 Å². The highest BCUT2D eigenvalue weighted by atomic mass is 16.1. The molecule has 0 saturated carbocycles. The van der Waals surface area contributed by atoms with Crippen LogP contribution in [-0.2, 0) is 13.0 Å². The lowest BCUT2D eigenvalue weighted by Crippen LogP contribution is -2.25. The molecule has 0 spiro atoms. The largest absolute Gasteiger partial charge is 0.292 e. The Bertz CT molecular complexity index is 1040. The summed E-state index contributed by atoms with van der Waals surface area (Å²) in [5.74, 6) is 7.05. The van der Waals surface area contributed by atoms with Gasteiger partial charge in [0, 0.05) is 25.6 Å². The van der Waals surface area contributed by atoms with Gasteiger partial charge >= 0.3 is 0 Å². The second-order valence-electron chi connectivity index (χ2n) is 6.41. The fourth-order valence-corrected chi connectivity index (χ4v) is 3.00. The van der Waals surface area contributed by atoms with E-state index in [4.69, 9.17) is 4.98 Å². The third-order valence-electron chi connectivity index (χ3n) is 4.39. The van der Waals surface area contributed by atoms with Gasteiger partial charge < -0.3 is 0 Å². The maximum absolute atomic E-state index is 12.8. The average Bonchev–Trinajstić information content (AvgIpc) is 2.83. The summed E-state index contributed by atoms with van der Waals surface area (Å²) in [6.45, 7) is 4.76. The van der Waals surface area contributed by atoms with Crippen molar-refractivity contribution in [3.8, 4) is 11.8 Å². The van der Waals surface area contributed by atoms with E-state index in [1.807, 2.05) is 30.4 Å². The van der Waals surface area contributed by atoms with Gasteiger partial charge in [-0.05, 0) is 50.0 Å². The Balaban J connectivity index is 2.02. The minimum atomic E-state index is 0.0286. The van der Waals surface area contributed by atoms with Crippen LogP contribution < -0.4 is 5.56 Å². The molecule has 26 heavy (non-hydrogen) atoms. The van der Waals surface area contributed by atoms with Crippen LogP contribution in [0.1, 0.15) is 38.1 Å². The smallest absolute Gasteiger partial charge is 0.261 e. The van der Waals surface area contributed by atoms with Crippen molar-refractivity contribution in [3.05, 3.63) is 63.7 Å². The molecular weight excluding hydrogens is 322 g/mol. The van der Waals surface area contributed by atoms with Gasteiger partial charge in [0.15, 0.2) is 0 Å². The van der Waals surface area contributed by atoms with Crippen LogP contribution in [0.2, 0.25) is 0 Å². The number of allylic oxidation sites excluding steroid dienone is 4. The molecule has 0 aliphatic carbocycles. The molecule has 132 valence electrons. The van der Waals surface area contributed by atoms with E-state index in [0.717, 1.165) is 36.4 Å². The van der Waals surface area contributed by atoms with E-state index in [2.05, 4.69) is 36.8 Å². The molecule has 0 atom stereocenters. The molecule has 1 aliphatic rings. The lowest BCUT2D eigenvalue weighted by molar-refractivity contribution is 0.687. The quantitative estimate of drug-likeness (QED) is 0.473. The van der Waals surface area contributed by atoms with E-state index in [9.17, 15) is 4.79 Å². The summed E-state index contributed by atoms with van der Waals surface area (Å²) < 4.78 is 1.80. The molecule has 2 heterocycles. The number of rotatable bonds is 2. The maximum Gasteiger partial charge on any atom is 0.261 e. The molecule has 1 aromatic heterocycles. The van der Waals surface area contributed by atoms with Crippen molar-refractivity contribution in [2.45, 2.75) is 39.7 Å². The summed E-state index contributed by atoms with van der Waals surface area (Å²) in [6, 6.07) is 5.60. The number of fused-ring (bicyclic) bond motifs is 2. The Labute approximate surface area is 154 Å². The first-order valence-electron chi connectivity index (χ1n) is 8.97. The van der Waals surface area contributed by atoms with Crippen molar-refractivity contribution in [1.29, 1.82) is 0 Å². The van der Waals surface area contributed by atoms with Gasteiger partial charge in [-0.25, -0.2) is 4.98 Å². The van der Waals surface area contributed by atoms with Gasteiger partial charge in [0.1, 0.15) is 11.5 Å². The van der Waals surface area contributed by atoms with Gasteiger partial charge in [-0.15, -0.1) is 0 Å². The number of nitrogens with zero attached hydrogens (tertiary/aromatic N) is 3. The van der Waals surface area contributed by atoms with Crippen molar-refractivity contribution < 1.29 is 0 Å². The number of benzene rings is 1. The molecule has 1 aromatic carbocycles. The molecule has 0 amide bonds. The van der Waals surface area contributed by atoms with Crippen LogP contribution in [-0.4, -0.2) is 22.3 Å². The number of hydrogen-bond donors (Lipinski definition) is 0. The summed E-state index contributed by atoms with van der Waals surface area (Å²) in [5.41, 5.74) is 3.53. The number of aromatic nitrogens is 2. The summed E-state index contributed by atoms with van der Waals surface area (Å²) in [6.07, 6.45) is 8.80. The van der Waals surface area contributed by atoms with E-state index >= 15 is 0 Å². The second-order valence-corrected chi connectivity index (χ2v) is 6.41. The standard InChI is InChI=1S/C22H23N3O/c1-4-5-8-18(23-3)12-10-17-11-13-19-20(14-17)24-21-9-6-7-16(2)15-25(21)22(19)26/h5,7-8,11,13-14H,4,6,9,15H2,1-3H3/b8-5-,23-18?. The second kappa shape index (κ2) is 7.97. The number of hydrogen-bond acceptors (Lipinski definition) is 3. The van der Waals surface area contributed by atoms with Crippen LogP contribution >= 0.6 is 0 Å². The van der Waals surface area contributed by atoms with E-state index in [0.29, 0.717) is 17.4 Å². The lowest BCUT2D eigenvalue weighted by Gasteiger charge is -2.11. The summed E-state index contributed by atoms with van der Waals surface area (Å²) in [7, 11) is 1.73. The summed E-state index contributed by atoms with van der Waals surface area (Å²) in [5, 5.41) is 0.643. The molecule has 0 radical (unpaired) electrons. The zero-order valence-electron chi connectivity index (χ0n) is 15.5. The molecule has 4 nitrogen and oxygen atoms in total. The summed E-state index contributed by atoms with van der Waals surface area (Å²) >= 11 is 0. The Morgan fingerprint density at radius 2 is 2.27 bits per heavy atom. The van der Waals surface area contributed by atoms with Crippen molar-refractivity contribution in [1.82, 2.24) is 9.55 Å². The third-order valence-corrected chi connectivity index (χ3v) is 4.39. The topological polar surface area (TPSA) is 47.2 Å². The molecule has 0 N–H and O–H groups in total. The number of aliphatic imine (C=N–C) groups is 1. The van der Waals surface area contributed by atoms with Crippen molar-refractivity contribution in [2.75, 3.05) is 7.05 Å². The first-order chi connectivity index (χ1) is 12.6. The molecule has 1 aliphatic heterocycles. The Morgan fingerprint density at radius 1 is 1.42 bits per heavy atom. The summed E-state index contributed by atoms with van der Waals surface area (Å²) in [4.78, 5) is 21.8. The van der Waals surface area contributed by atoms with Gasteiger partial charge in [0.05, 0.1) is 10.9 Å². The monoisotopic (exact) mass is 345 g/mol. The van der Waals surface area contributed by atoms with Crippen LogP contribution in [0.5, 0.6) is 0 Å². The van der Waals surface area contributed by atoms with Crippen molar-refractivity contribution in [3.63, 3.8) is 0 Å².